The van der Waals surface area contributed by atoms with Gasteiger partial charge in [-0.2, -0.15) is 0 Å². The van der Waals surface area contributed by atoms with E-state index in [2.05, 4.69) is 38.2 Å². The summed E-state index contributed by atoms with van der Waals surface area (Å²) in [6.45, 7) is 9.80. The molecule has 0 aliphatic carbocycles. The van der Waals surface area contributed by atoms with Gasteiger partial charge in [-0.15, -0.1) is 0 Å². The second kappa shape index (κ2) is 6.36. The SMILES string of the molecule is CCNCC(C)C(=O)N1CC(C)C(N(C)C)C1. The Morgan fingerprint density at radius 3 is 2.59 bits per heavy atom. The van der Waals surface area contributed by atoms with Crippen molar-refractivity contribution in [1.29, 1.82) is 0 Å². The van der Waals surface area contributed by atoms with Gasteiger partial charge in [0, 0.05) is 31.6 Å². The highest BCUT2D eigenvalue weighted by molar-refractivity contribution is 5.79. The van der Waals surface area contributed by atoms with Crippen LogP contribution in [0.25, 0.3) is 0 Å². The number of hydrogen-bond donors (Lipinski definition) is 1. The molecule has 0 aromatic rings. The largest absolute Gasteiger partial charge is 0.341 e. The molecule has 100 valence electrons. The van der Waals surface area contributed by atoms with E-state index < -0.39 is 0 Å². The van der Waals surface area contributed by atoms with E-state index in [4.69, 9.17) is 0 Å². The predicted octanol–water partition coefficient (Wildman–Crippen LogP) is 0.641. The van der Waals surface area contributed by atoms with E-state index in [9.17, 15) is 4.79 Å². The summed E-state index contributed by atoms with van der Waals surface area (Å²) in [5.74, 6) is 0.950. The van der Waals surface area contributed by atoms with Gasteiger partial charge in [0.1, 0.15) is 0 Å². The van der Waals surface area contributed by atoms with Gasteiger partial charge in [0.15, 0.2) is 0 Å². The van der Waals surface area contributed by atoms with Gasteiger partial charge in [-0.25, -0.2) is 0 Å². The van der Waals surface area contributed by atoms with Gasteiger partial charge in [-0.1, -0.05) is 20.8 Å². The number of carbonyl (C=O) groups excluding carboxylic acids is 1. The Hall–Kier alpha value is -0.610. The maximum absolute atomic E-state index is 12.2. The van der Waals surface area contributed by atoms with Crippen molar-refractivity contribution < 1.29 is 4.79 Å². The summed E-state index contributed by atoms with van der Waals surface area (Å²) < 4.78 is 0. The minimum atomic E-state index is 0.0862. The summed E-state index contributed by atoms with van der Waals surface area (Å²) in [5, 5.41) is 3.24. The molecule has 0 aromatic carbocycles. The topological polar surface area (TPSA) is 35.6 Å². The van der Waals surface area contributed by atoms with Crippen molar-refractivity contribution in [1.82, 2.24) is 15.1 Å². The third-order valence-corrected chi connectivity index (χ3v) is 3.67. The van der Waals surface area contributed by atoms with Gasteiger partial charge in [0.25, 0.3) is 0 Å². The molecule has 1 amide bonds. The maximum atomic E-state index is 12.2. The zero-order valence-corrected chi connectivity index (χ0v) is 11.9. The minimum Gasteiger partial charge on any atom is -0.341 e. The van der Waals surface area contributed by atoms with Crippen LogP contribution < -0.4 is 5.32 Å². The number of likely N-dealkylation sites (N-methyl/N-ethyl adjacent to an activating group) is 1. The minimum absolute atomic E-state index is 0.0862. The van der Waals surface area contributed by atoms with Crippen LogP contribution in [0, 0.1) is 11.8 Å². The van der Waals surface area contributed by atoms with Crippen molar-refractivity contribution in [2.24, 2.45) is 11.8 Å². The second-order valence-electron chi connectivity index (χ2n) is 5.46. The average Bonchev–Trinajstić information content (AvgIpc) is 2.67. The summed E-state index contributed by atoms with van der Waals surface area (Å²) in [4.78, 5) is 16.5. The van der Waals surface area contributed by atoms with E-state index in [1.807, 2.05) is 11.8 Å². The van der Waals surface area contributed by atoms with Crippen LogP contribution in [0.2, 0.25) is 0 Å². The van der Waals surface area contributed by atoms with Crippen molar-refractivity contribution in [3.05, 3.63) is 0 Å². The average molecular weight is 241 g/mol. The Balaban J connectivity index is 2.49. The molecule has 3 atom stereocenters. The Morgan fingerprint density at radius 1 is 1.47 bits per heavy atom. The smallest absolute Gasteiger partial charge is 0.226 e. The molecule has 4 heteroatoms. The standard InChI is InChI=1S/C13H27N3O/c1-6-14-7-10(2)13(17)16-8-11(3)12(9-16)15(4)5/h10-12,14H,6-9H2,1-5H3. The molecule has 0 saturated carbocycles. The van der Waals surface area contributed by atoms with E-state index >= 15 is 0 Å². The fourth-order valence-electron chi connectivity index (χ4n) is 2.56. The molecule has 0 bridgehead atoms. The van der Waals surface area contributed by atoms with E-state index in [1.165, 1.54) is 0 Å². The molecule has 1 saturated heterocycles. The molecule has 1 rings (SSSR count). The van der Waals surface area contributed by atoms with Gasteiger partial charge < -0.3 is 15.1 Å². The van der Waals surface area contributed by atoms with E-state index in [0.29, 0.717) is 17.9 Å². The van der Waals surface area contributed by atoms with Crippen molar-refractivity contribution in [2.45, 2.75) is 26.8 Å². The van der Waals surface area contributed by atoms with Crippen LogP contribution in [0.5, 0.6) is 0 Å². The first-order chi connectivity index (χ1) is 7.97. The Kier molecular flexibility index (Phi) is 5.40. The van der Waals surface area contributed by atoms with E-state index in [-0.39, 0.29) is 5.92 Å². The predicted molar refractivity (Wildman–Crippen MR) is 70.9 cm³/mol. The molecule has 1 aliphatic rings. The number of carbonyl (C=O) groups is 1. The number of rotatable bonds is 5. The van der Waals surface area contributed by atoms with Crippen LogP contribution in [-0.4, -0.2) is 62.0 Å². The molecule has 0 aromatic heterocycles. The lowest BCUT2D eigenvalue weighted by molar-refractivity contribution is -0.134. The van der Waals surface area contributed by atoms with E-state index in [0.717, 1.165) is 26.2 Å². The highest BCUT2D eigenvalue weighted by atomic mass is 16.2. The van der Waals surface area contributed by atoms with Gasteiger partial charge in [0.05, 0.1) is 0 Å². The molecule has 1 heterocycles. The fourth-order valence-corrected chi connectivity index (χ4v) is 2.56. The highest BCUT2D eigenvalue weighted by Crippen LogP contribution is 2.21. The summed E-state index contributed by atoms with van der Waals surface area (Å²) in [5.41, 5.74) is 0. The first-order valence-electron chi connectivity index (χ1n) is 6.63. The van der Waals surface area contributed by atoms with Crippen molar-refractivity contribution in [3.8, 4) is 0 Å². The second-order valence-corrected chi connectivity index (χ2v) is 5.46. The van der Waals surface area contributed by atoms with Gasteiger partial charge >= 0.3 is 0 Å². The van der Waals surface area contributed by atoms with Crippen LogP contribution >= 0.6 is 0 Å². The lowest BCUT2D eigenvalue weighted by atomic mass is 10.1. The van der Waals surface area contributed by atoms with Crippen LogP contribution in [0.1, 0.15) is 20.8 Å². The first-order valence-corrected chi connectivity index (χ1v) is 6.63. The molecule has 1 aliphatic heterocycles. The lowest BCUT2D eigenvalue weighted by Crippen LogP contribution is -2.40. The normalized spacial score (nSPS) is 26.6. The zero-order valence-electron chi connectivity index (χ0n) is 11.9. The van der Waals surface area contributed by atoms with Gasteiger partial charge in [-0.05, 0) is 26.6 Å². The summed E-state index contributed by atoms with van der Waals surface area (Å²) in [6.07, 6.45) is 0. The number of hydrogen-bond acceptors (Lipinski definition) is 3. The van der Waals surface area contributed by atoms with Crippen molar-refractivity contribution in [2.75, 3.05) is 40.3 Å². The van der Waals surface area contributed by atoms with Crippen LogP contribution in [0.3, 0.4) is 0 Å². The molecular formula is C13H27N3O. The lowest BCUT2D eigenvalue weighted by Gasteiger charge is -2.23. The third kappa shape index (κ3) is 3.68. The Morgan fingerprint density at radius 2 is 2.12 bits per heavy atom. The molecule has 0 spiro atoms. The maximum Gasteiger partial charge on any atom is 0.226 e. The molecule has 4 nitrogen and oxygen atoms in total. The van der Waals surface area contributed by atoms with E-state index in [1.54, 1.807) is 0 Å². The van der Waals surface area contributed by atoms with Gasteiger partial charge in [0.2, 0.25) is 5.91 Å². The highest BCUT2D eigenvalue weighted by Gasteiger charge is 2.34. The quantitative estimate of drug-likeness (QED) is 0.767. The molecule has 1 fully saturated rings. The number of nitrogens with one attached hydrogen (secondary N) is 1. The molecule has 17 heavy (non-hydrogen) atoms. The molecular weight excluding hydrogens is 214 g/mol. The monoisotopic (exact) mass is 241 g/mol. The van der Waals surface area contributed by atoms with Crippen LogP contribution in [0.15, 0.2) is 0 Å². The van der Waals surface area contributed by atoms with Crippen molar-refractivity contribution >= 4 is 5.91 Å². The zero-order chi connectivity index (χ0) is 13.0. The van der Waals surface area contributed by atoms with Crippen LogP contribution in [0.4, 0.5) is 0 Å². The molecule has 3 unspecified atom stereocenters. The fraction of sp³-hybridized carbons (Fsp3) is 0.923. The summed E-state index contributed by atoms with van der Waals surface area (Å²) in [7, 11) is 4.19. The number of likely N-dealkylation sites (tertiary alicyclic amines) is 1. The number of nitrogens with zero attached hydrogens (tertiary/aromatic N) is 2. The Labute approximate surface area is 105 Å². The summed E-state index contributed by atoms with van der Waals surface area (Å²) in [6, 6.07) is 0.505. The van der Waals surface area contributed by atoms with Crippen molar-refractivity contribution in [3.63, 3.8) is 0 Å². The Bertz CT molecular complexity index is 255. The van der Waals surface area contributed by atoms with Gasteiger partial charge in [-0.3, -0.25) is 4.79 Å². The molecule has 1 N–H and O–H groups in total. The number of amides is 1. The summed E-state index contributed by atoms with van der Waals surface area (Å²) >= 11 is 0. The van der Waals surface area contributed by atoms with Crippen LogP contribution in [-0.2, 0) is 4.79 Å². The first kappa shape index (κ1) is 14.5. The molecule has 0 radical (unpaired) electrons. The third-order valence-electron chi connectivity index (χ3n) is 3.67.